The second kappa shape index (κ2) is 8.98. The number of pyridine rings is 1. The minimum Gasteiger partial charge on any atom is -0.322 e. The number of amides is 2. The highest BCUT2D eigenvalue weighted by Crippen LogP contribution is 2.21. The number of hydrogen-bond donors (Lipinski definition) is 1. The number of para-hydroxylation sites is 1. The van der Waals surface area contributed by atoms with Crippen molar-refractivity contribution in [3.63, 3.8) is 0 Å². The summed E-state index contributed by atoms with van der Waals surface area (Å²) >= 11 is 5.92. The van der Waals surface area contributed by atoms with Gasteiger partial charge < -0.3 is 10.2 Å². The van der Waals surface area contributed by atoms with E-state index in [1.807, 2.05) is 35.2 Å². The number of nitrogens with zero attached hydrogens (tertiary/aromatic N) is 5. The molecule has 1 aliphatic rings. The van der Waals surface area contributed by atoms with E-state index in [4.69, 9.17) is 16.6 Å². The number of rotatable bonds is 4. The molecule has 5 rings (SSSR count). The number of imidazole rings is 1. The van der Waals surface area contributed by atoms with Crippen molar-refractivity contribution < 1.29 is 4.79 Å². The zero-order valence-corrected chi connectivity index (χ0v) is 18.2. The van der Waals surface area contributed by atoms with Crippen LogP contribution in [0.2, 0.25) is 5.02 Å². The Bertz CT molecular complexity index is 1220. The van der Waals surface area contributed by atoms with Crippen molar-refractivity contribution in [3.8, 4) is 5.69 Å². The fraction of sp³-hybridized carbons (Fsp3) is 0.208. The number of piperazine rings is 1. The Labute approximate surface area is 191 Å². The lowest BCUT2D eigenvalue weighted by Gasteiger charge is -2.34. The first kappa shape index (κ1) is 20.5. The predicted octanol–water partition coefficient (Wildman–Crippen LogP) is 4.42. The quantitative estimate of drug-likeness (QED) is 0.503. The first-order valence-corrected chi connectivity index (χ1v) is 11.0. The standard InChI is InChI=1S/C24H23ClN6O/c25-18-8-10-19(11-9-18)27-24(32)30-15-13-29(14-16-30)17-22-28-21-7-4-12-26-23(21)31(22)20-5-2-1-3-6-20/h1-12H,13-17H2,(H,27,32). The molecular weight excluding hydrogens is 424 g/mol. The number of halogens is 1. The van der Waals surface area contributed by atoms with Crippen molar-refractivity contribution >= 4 is 34.5 Å². The van der Waals surface area contributed by atoms with Gasteiger partial charge in [-0.3, -0.25) is 9.47 Å². The molecule has 3 heterocycles. The van der Waals surface area contributed by atoms with Gasteiger partial charge in [-0.2, -0.15) is 0 Å². The number of benzene rings is 2. The molecule has 162 valence electrons. The summed E-state index contributed by atoms with van der Waals surface area (Å²) in [5.41, 5.74) is 3.53. The Morgan fingerprint density at radius 2 is 1.69 bits per heavy atom. The lowest BCUT2D eigenvalue weighted by Crippen LogP contribution is -2.49. The SMILES string of the molecule is O=C(Nc1ccc(Cl)cc1)N1CCN(Cc2nc3cccnc3n2-c2ccccc2)CC1. The summed E-state index contributed by atoms with van der Waals surface area (Å²) in [6.07, 6.45) is 1.80. The van der Waals surface area contributed by atoms with Crippen molar-refractivity contribution in [2.24, 2.45) is 0 Å². The number of anilines is 1. The summed E-state index contributed by atoms with van der Waals surface area (Å²) in [7, 11) is 0. The maximum absolute atomic E-state index is 12.6. The normalized spacial score (nSPS) is 14.6. The van der Waals surface area contributed by atoms with E-state index in [1.165, 1.54) is 0 Å². The fourth-order valence-corrected chi connectivity index (χ4v) is 4.08. The van der Waals surface area contributed by atoms with Crippen LogP contribution in [0.4, 0.5) is 10.5 Å². The van der Waals surface area contributed by atoms with Gasteiger partial charge in [0.15, 0.2) is 5.65 Å². The van der Waals surface area contributed by atoms with E-state index in [-0.39, 0.29) is 6.03 Å². The van der Waals surface area contributed by atoms with Crippen LogP contribution in [0.25, 0.3) is 16.9 Å². The molecule has 2 aromatic heterocycles. The third-order valence-corrected chi connectivity index (χ3v) is 5.87. The summed E-state index contributed by atoms with van der Waals surface area (Å²) in [4.78, 5) is 26.2. The van der Waals surface area contributed by atoms with Crippen LogP contribution in [0.3, 0.4) is 0 Å². The Morgan fingerprint density at radius 3 is 2.44 bits per heavy atom. The van der Waals surface area contributed by atoms with E-state index >= 15 is 0 Å². The average molecular weight is 447 g/mol. The van der Waals surface area contributed by atoms with Crippen molar-refractivity contribution in [1.29, 1.82) is 0 Å². The third kappa shape index (κ3) is 4.30. The van der Waals surface area contributed by atoms with Gasteiger partial charge in [-0.1, -0.05) is 29.8 Å². The van der Waals surface area contributed by atoms with Crippen molar-refractivity contribution in [1.82, 2.24) is 24.3 Å². The summed E-state index contributed by atoms with van der Waals surface area (Å²) in [6, 6.07) is 21.1. The molecule has 0 unspecified atom stereocenters. The lowest BCUT2D eigenvalue weighted by atomic mass is 10.3. The molecule has 4 aromatic rings. The summed E-state index contributed by atoms with van der Waals surface area (Å²) in [5, 5.41) is 3.58. The lowest BCUT2D eigenvalue weighted by molar-refractivity contribution is 0.140. The van der Waals surface area contributed by atoms with Crippen LogP contribution in [0.15, 0.2) is 72.9 Å². The topological polar surface area (TPSA) is 66.3 Å². The Hall–Kier alpha value is -3.42. The number of hydrogen-bond acceptors (Lipinski definition) is 4. The predicted molar refractivity (Wildman–Crippen MR) is 126 cm³/mol. The van der Waals surface area contributed by atoms with Gasteiger partial charge in [-0.05, 0) is 48.5 Å². The van der Waals surface area contributed by atoms with Crippen molar-refractivity contribution in [2.75, 3.05) is 31.5 Å². The Kier molecular flexibility index (Phi) is 5.75. The molecule has 2 aromatic carbocycles. The van der Waals surface area contributed by atoms with E-state index in [2.05, 4.69) is 31.9 Å². The minimum atomic E-state index is -0.0901. The molecule has 1 saturated heterocycles. The second-order valence-electron chi connectivity index (χ2n) is 7.75. The van der Waals surface area contributed by atoms with Gasteiger partial charge in [0.25, 0.3) is 0 Å². The second-order valence-corrected chi connectivity index (χ2v) is 8.18. The zero-order valence-electron chi connectivity index (χ0n) is 17.5. The summed E-state index contributed by atoms with van der Waals surface area (Å²) < 4.78 is 2.12. The molecule has 7 nitrogen and oxygen atoms in total. The average Bonchev–Trinajstić information content (AvgIpc) is 3.19. The smallest absolute Gasteiger partial charge is 0.321 e. The summed E-state index contributed by atoms with van der Waals surface area (Å²) in [6.45, 7) is 3.56. The number of fused-ring (bicyclic) bond motifs is 1. The van der Waals surface area contributed by atoms with Gasteiger partial charge in [0.05, 0.1) is 6.54 Å². The van der Waals surface area contributed by atoms with Gasteiger partial charge in [0.1, 0.15) is 11.3 Å². The largest absolute Gasteiger partial charge is 0.322 e. The maximum atomic E-state index is 12.6. The van der Waals surface area contributed by atoms with E-state index in [1.54, 1.807) is 30.5 Å². The molecule has 1 aliphatic heterocycles. The first-order valence-electron chi connectivity index (χ1n) is 10.6. The number of aromatic nitrogens is 3. The molecule has 0 aliphatic carbocycles. The van der Waals surface area contributed by atoms with Crippen LogP contribution in [0, 0.1) is 0 Å². The molecule has 0 spiro atoms. The molecule has 0 saturated carbocycles. The van der Waals surface area contributed by atoms with E-state index < -0.39 is 0 Å². The molecule has 1 fully saturated rings. The number of nitrogens with one attached hydrogen (secondary N) is 1. The minimum absolute atomic E-state index is 0.0901. The molecule has 8 heteroatoms. The van der Waals surface area contributed by atoms with Gasteiger partial charge in [-0.15, -0.1) is 0 Å². The third-order valence-electron chi connectivity index (χ3n) is 5.62. The van der Waals surface area contributed by atoms with Gasteiger partial charge >= 0.3 is 6.03 Å². The van der Waals surface area contributed by atoms with Crippen LogP contribution in [-0.4, -0.2) is 56.5 Å². The van der Waals surface area contributed by atoms with Gasteiger partial charge in [0.2, 0.25) is 0 Å². The monoisotopic (exact) mass is 446 g/mol. The van der Waals surface area contributed by atoms with Crippen molar-refractivity contribution in [3.05, 3.63) is 83.8 Å². The van der Waals surface area contributed by atoms with Crippen LogP contribution >= 0.6 is 11.6 Å². The van der Waals surface area contributed by atoms with Crippen molar-refractivity contribution in [2.45, 2.75) is 6.54 Å². The first-order chi connectivity index (χ1) is 15.7. The maximum Gasteiger partial charge on any atom is 0.321 e. The van der Waals surface area contributed by atoms with Crippen LogP contribution in [0.5, 0.6) is 0 Å². The Balaban J connectivity index is 1.27. The highest BCUT2D eigenvalue weighted by atomic mass is 35.5. The molecule has 0 bridgehead atoms. The van der Waals surface area contributed by atoms with Gasteiger partial charge in [-0.25, -0.2) is 14.8 Å². The molecular formula is C24H23ClN6O. The number of carbonyl (C=O) groups excluding carboxylic acids is 1. The Morgan fingerprint density at radius 1 is 0.938 bits per heavy atom. The molecule has 0 radical (unpaired) electrons. The highest BCUT2D eigenvalue weighted by Gasteiger charge is 2.23. The van der Waals surface area contributed by atoms with Crippen LogP contribution in [-0.2, 0) is 6.54 Å². The van der Waals surface area contributed by atoms with E-state index in [0.29, 0.717) is 24.7 Å². The van der Waals surface area contributed by atoms with Gasteiger partial charge in [0, 0.05) is 48.8 Å². The van der Waals surface area contributed by atoms with Crippen LogP contribution < -0.4 is 5.32 Å². The van der Waals surface area contributed by atoms with E-state index in [0.717, 1.165) is 41.5 Å². The zero-order chi connectivity index (χ0) is 21.9. The summed E-state index contributed by atoms with van der Waals surface area (Å²) in [5.74, 6) is 0.948. The highest BCUT2D eigenvalue weighted by molar-refractivity contribution is 6.30. The van der Waals surface area contributed by atoms with E-state index in [9.17, 15) is 4.79 Å². The number of urea groups is 1. The number of carbonyl (C=O) groups is 1. The molecule has 0 atom stereocenters. The van der Waals surface area contributed by atoms with Crippen LogP contribution in [0.1, 0.15) is 5.82 Å². The fourth-order valence-electron chi connectivity index (χ4n) is 3.96. The molecule has 2 amide bonds. The molecule has 32 heavy (non-hydrogen) atoms. The molecule has 1 N–H and O–H groups in total.